The van der Waals surface area contributed by atoms with E-state index in [0.29, 0.717) is 11.7 Å². The second-order valence-electron chi connectivity index (χ2n) is 5.39. The molecule has 2 aliphatic carbocycles. The fourth-order valence-electron chi connectivity index (χ4n) is 3.38. The minimum Gasteiger partial charge on any atom is -0.396 e. The van der Waals surface area contributed by atoms with E-state index in [1.807, 2.05) is 0 Å². The van der Waals surface area contributed by atoms with E-state index in [-0.39, 0.29) is 17.4 Å². The molecule has 0 aromatic heterocycles. The Hall–Kier alpha value is -0.0200. The molecule has 0 aromatic rings. The van der Waals surface area contributed by atoms with Crippen molar-refractivity contribution in [2.75, 3.05) is 18.1 Å². The number of hydrogen-bond acceptors (Lipinski definition) is 3. The molecule has 0 heterocycles. The fourth-order valence-corrected chi connectivity index (χ4v) is 4.63. The minimum atomic E-state index is -0.0693. The number of rotatable bonds is 4. The van der Waals surface area contributed by atoms with Crippen molar-refractivity contribution in [2.24, 2.45) is 16.7 Å². The highest BCUT2D eigenvalue weighted by molar-refractivity contribution is 7.99. The molecule has 3 heteroatoms. The van der Waals surface area contributed by atoms with Crippen LogP contribution < -0.4 is 0 Å². The zero-order chi connectivity index (χ0) is 11.1. The number of aliphatic hydroxyl groups excluding tert-OH is 1. The van der Waals surface area contributed by atoms with Crippen LogP contribution in [-0.2, 0) is 4.79 Å². The summed E-state index contributed by atoms with van der Waals surface area (Å²) in [7, 11) is 0. The van der Waals surface area contributed by atoms with E-state index in [4.69, 9.17) is 5.11 Å². The Labute approximate surface area is 95.8 Å². The predicted octanol–water partition coefficient (Wildman–Crippen LogP) is 2.11. The van der Waals surface area contributed by atoms with Crippen molar-refractivity contribution in [3.05, 3.63) is 0 Å². The standard InChI is InChI=1S/C12H20O2S/c1-11-4-3-9(7-10(11)14)12(11,2)8-15-6-5-13/h9,13H,3-8H2,1-2H3/t9-,11-,12+/m0/s1. The molecule has 0 saturated heterocycles. The lowest BCUT2D eigenvalue weighted by atomic mass is 9.70. The molecule has 86 valence electrons. The van der Waals surface area contributed by atoms with Crippen LogP contribution in [0.25, 0.3) is 0 Å². The van der Waals surface area contributed by atoms with Crippen molar-refractivity contribution in [3.63, 3.8) is 0 Å². The number of hydrogen-bond donors (Lipinski definition) is 1. The Balaban J connectivity index is 2.11. The summed E-state index contributed by atoms with van der Waals surface area (Å²) in [5, 5.41) is 8.80. The van der Waals surface area contributed by atoms with Gasteiger partial charge in [0.2, 0.25) is 0 Å². The van der Waals surface area contributed by atoms with Crippen LogP contribution >= 0.6 is 11.8 Å². The van der Waals surface area contributed by atoms with Crippen LogP contribution in [0.4, 0.5) is 0 Å². The van der Waals surface area contributed by atoms with Crippen LogP contribution in [0.1, 0.15) is 33.1 Å². The first-order chi connectivity index (χ1) is 7.04. The van der Waals surface area contributed by atoms with Crippen LogP contribution in [0.3, 0.4) is 0 Å². The van der Waals surface area contributed by atoms with E-state index in [9.17, 15) is 4.79 Å². The first-order valence-corrected chi connectivity index (χ1v) is 6.92. The van der Waals surface area contributed by atoms with Gasteiger partial charge in [0.15, 0.2) is 0 Å². The second-order valence-corrected chi connectivity index (χ2v) is 6.49. The zero-order valence-corrected chi connectivity index (χ0v) is 10.4. The van der Waals surface area contributed by atoms with Gasteiger partial charge in [0.1, 0.15) is 5.78 Å². The summed E-state index contributed by atoms with van der Waals surface area (Å²) < 4.78 is 0. The van der Waals surface area contributed by atoms with Crippen molar-refractivity contribution in [1.29, 1.82) is 0 Å². The fraction of sp³-hybridized carbons (Fsp3) is 0.917. The number of thioether (sulfide) groups is 1. The molecule has 2 fully saturated rings. The van der Waals surface area contributed by atoms with E-state index >= 15 is 0 Å². The minimum absolute atomic E-state index is 0.0693. The second kappa shape index (κ2) is 3.77. The molecule has 15 heavy (non-hydrogen) atoms. The van der Waals surface area contributed by atoms with Crippen molar-refractivity contribution >= 4 is 17.5 Å². The molecular formula is C12H20O2S. The first kappa shape index (κ1) is 11.5. The van der Waals surface area contributed by atoms with Gasteiger partial charge in [-0.15, -0.1) is 0 Å². The lowest BCUT2D eigenvalue weighted by Gasteiger charge is -2.36. The smallest absolute Gasteiger partial charge is 0.139 e. The number of carbonyl (C=O) groups excluding carboxylic acids is 1. The van der Waals surface area contributed by atoms with Gasteiger partial charge in [0, 0.05) is 17.6 Å². The molecule has 0 unspecified atom stereocenters. The first-order valence-electron chi connectivity index (χ1n) is 5.76. The molecule has 3 atom stereocenters. The quantitative estimate of drug-likeness (QED) is 0.749. The summed E-state index contributed by atoms with van der Waals surface area (Å²) in [4.78, 5) is 11.9. The van der Waals surface area contributed by atoms with Gasteiger partial charge in [0.25, 0.3) is 0 Å². The summed E-state index contributed by atoms with van der Waals surface area (Å²) in [5.41, 5.74) is 0.115. The molecule has 2 bridgehead atoms. The summed E-state index contributed by atoms with van der Waals surface area (Å²) in [5.74, 6) is 2.90. The van der Waals surface area contributed by atoms with Gasteiger partial charge in [-0.05, 0) is 29.9 Å². The number of ketones is 1. The van der Waals surface area contributed by atoms with E-state index in [0.717, 1.165) is 24.3 Å². The van der Waals surface area contributed by atoms with Gasteiger partial charge in [0.05, 0.1) is 6.61 Å². The highest BCUT2D eigenvalue weighted by Crippen LogP contribution is 2.64. The highest BCUT2D eigenvalue weighted by Gasteiger charge is 2.63. The Bertz CT molecular complexity index is 279. The molecule has 2 rings (SSSR count). The van der Waals surface area contributed by atoms with E-state index < -0.39 is 0 Å². The van der Waals surface area contributed by atoms with E-state index in [2.05, 4.69) is 13.8 Å². The molecule has 1 N–H and O–H groups in total. The average molecular weight is 228 g/mol. The molecule has 0 spiro atoms. The molecule has 0 aliphatic heterocycles. The third-order valence-electron chi connectivity index (χ3n) is 4.84. The maximum atomic E-state index is 11.9. The van der Waals surface area contributed by atoms with E-state index in [1.165, 1.54) is 6.42 Å². The van der Waals surface area contributed by atoms with Crippen molar-refractivity contribution in [3.8, 4) is 0 Å². The monoisotopic (exact) mass is 228 g/mol. The highest BCUT2D eigenvalue weighted by atomic mass is 32.2. The number of carbonyl (C=O) groups is 1. The Morgan fingerprint density at radius 1 is 1.53 bits per heavy atom. The van der Waals surface area contributed by atoms with Crippen molar-refractivity contribution < 1.29 is 9.90 Å². The zero-order valence-electron chi connectivity index (χ0n) is 9.58. The normalized spacial score (nSPS) is 43.9. The lowest BCUT2D eigenvalue weighted by molar-refractivity contribution is -0.128. The van der Waals surface area contributed by atoms with Crippen LogP contribution in [0.2, 0.25) is 0 Å². The molecule has 0 aromatic carbocycles. The van der Waals surface area contributed by atoms with Crippen LogP contribution in [0, 0.1) is 16.7 Å². The van der Waals surface area contributed by atoms with Gasteiger partial charge in [-0.1, -0.05) is 13.8 Å². The number of fused-ring (bicyclic) bond motifs is 2. The summed E-state index contributed by atoms with van der Waals surface area (Å²) in [6, 6.07) is 0. The lowest BCUT2D eigenvalue weighted by Crippen LogP contribution is -2.37. The topological polar surface area (TPSA) is 37.3 Å². The Morgan fingerprint density at radius 3 is 2.73 bits per heavy atom. The SMILES string of the molecule is C[C@]12CC[C@@H](CC1=O)[C@@]2(C)CSCCO. The largest absolute Gasteiger partial charge is 0.396 e. The molecule has 2 nitrogen and oxygen atoms in total. The molecule has 2 saturated carbocycles. The van der Waals surface area contributed by atoms with Crippen LogP contribution in [-0.4, -0.2) is 29.0 Å². The molecule has 2 aliphatic rings. The number of Topliss-reactive ketones (excluding diaryl/α,β-unsaturated/α-hetero) is 1. The summed E-state index contributed by atoms with van der Waals surface area (Å²) in [6.45, 7) is 4.68. The van der Waals surface area contributed by atoms with Gasteiger partial charge in [-0.2, -0.15) is 11.8 Å². The Kier molecular flexibility index (Phi) is 2.89. The van der Waals surface area contributed by atoms with Crippen LogP contribution in [0.5, 0.6) is 0 Å². The Morgan fingerprint density at radius 2 is 2.27 bits per heavy atom. The number of aliphatic hydroxyl groups is 1. The van der Waals surface area contributed by atoms with Gasteiger partial charge >= 0.3 is 0 Å². The van der Waals surface area contributed by atoms with Crippen LogP contribution in [0.15, 0.2) is 0 Å². The third kappa shape index (κ3) is 1.47. The summed E-state index contributed by atoms with van der Waals surface area (Å²) in [6.07, 6.45) is 3.10. The molecular weight excluding hydrogens is 208 g/mol. The van der Waals surface area contributed by atoms with Gasteiger partial charge in [-0.3, -0.25) is 4.79 Å². The van der Waals surface area contributed by atoms with Gasteiger partial charge < -0.3 is 5.11 Å². The van der Waals surface area contributed by atoms with Crippen molar-refractivity contribution in [1.82, 2.24) is 0 Å². The molecule has 0 amide bonds. The maximum Gasteiger partial charge on any atom is 0.139 e. The predicted molar refractivity (Wildman–Crippen MR) is 63.0 cm³/mol. The summed E-state index contributed by atoms with van der Waals surface area (Å²) >= 11 is 1.80. The van der Waals surface area contributed by atoms with Gasteiger partial charge in [-0.25, -0.2) is 0 Å². The third-order valence-corrected chi connectivity index (χ3v) is 6.11. The molecule has 0 radical (unpaired) electrons. The maximum absolute atomic E-state index is 11.9. The van der Waals surface area contributed by atoms with E-state index in [1.54, 1.807) is 11.8 Å². The van der Waals surface area contributed by atoms with Crippen molar-refractivity contribution in [2.45, 2.75) is 33.1 Å². The average Bonchev–Trinajstić information content (AvgIpc) is 2.53.